The molecule has 0 atom stereocenters. The van der Waals surface area contributed by atoms with E-state index in [2.05, 4.69) is 11.6 Å². The maximum Gasteiger partial charge on any atom is 0.336 e. The molecule has 0 saturated carbocycles. The first kappa shape index (κ1) is 13.1. The minimum atomic E-state index is -0.952. The van der Waals surface area contributed by atoms with Crippen molar-refractivity contribution in [1.29, 1.82) is 0 Å². The molecule has 1 aromatic carbocycles. The number of aromatic nitrogens is 1. The third kappa shape index (κ3) is 3.10. The summed E-state index contributed by atoms with van der Waals surface area (Å²) in [4.78, 5) is 15.4. The topological polar surface area (TPSA) is 59.4 Å². The summed E-state index contributed by atoms with van der Waals surface area (Å²) in [7, 11) is 0. The first-order valence-corrected chi connectivity index (χ1v) is 6.09. The van der Waals surface area contributed by atoms with Gasteiger partial charge in [0.05, 0.1) is 17.7 Å². The zero-order chi connectivity index (χ0) is 13.7. The monoisotopic (exact) mass is 257 g/mol. The number of hydrogen-bond donors (Lipinski definition) is 1. The van der Waals surface area contributed by atoms with Gasteiger partial charge >= 0.3 is 5.97 Å². The zero-order valence-electron chi connectivity index (χ0n) is 10.5. The van der Waals surface area contributed by atoms with Gasteiger partial charge in [0.25, 0.3) is 0 Å². The lowest BCUT2D eigenvalue weighted by atomic mass is 10.1. The summed E-state index contributed by atoms with van der Waals surface area (Å²) < 4.78 is 5.51. The number of pyridine rings is 1. The first-order chi connectivity index (χ1) is 9.22. The van der Waals surface area contributed by atoms with Gasteiger partial charge in [0.15, 0.2) is 0 Å². The van der Waals surface area contributed by atoms with Crippen molar-refractivity contribution in [3.05, 3.63) is 48.6 Å². The molecular weight excluding hydrogens is 242 g/mol. The average Bonchev–Trinajstić information content (AvgIpc) is 2.42. The van der Waals surface area contributed by atoms with Gasteiger partial charge in [0.2, 0.25) is 5.88 Å². The molecule has 1 aromatic heterocycles. The van der Waals surface area contributed by atoms with Crippen LogP contribution in [0.3, 0.4) is 0 Å². The number of benzene rings is 1. The SMILES string of the molecule is C=CCCCOc1ccc2c(C(=O)O)cccc2n1. The molecule has 0 saturated heterocycles. The Balaban J connectivity index is 2.21. The van der Waals surface area contributed by atoms with Crippen molar-refractivity contribution in [2.75, 3.05) is 6.61 Å². The molecule has 4 nitrogen and oxygen atoms in total. The third-order valence-corrected chi connectivity index (χ3v) is 2.74. The number of carboxylic acid groups (broad SMARTS) is 1. The summed E-state index contributed by atoms with van der Waals surface area (Å²) in [5.74, 6) is -0.439. The van der Waals surface area contributed by atoms with Crippen molar-refractivity contribution < 1.29 is 14.6 Å². The molecule has 0 amide bonds. The third-order valence-electron chi connectivity index (χ3n) is 2.74. The Morgan fingerprint density at radius 2 is 2.21 bits per heavy atom. The van der Waals surface area contributed by atoms with Crippen LogP contribution >= 0.6 is 0 Å². The van der Waals surface area contributed by atoms with Crippen LogP contribution in [-0.4, -0.2) is 22.7 Å². The normalized spacial score (nSPS) is 10.3. The summed E-state index contributed by atoms with van der Waals surface area (Å²) in [6, 6.07) is 8.45. The van der Waals surface area contributed by atoms with E-state index in [1.807, 2.05) is 6.08 Å². The van der Waals surface area contributed by atoms with E-state index in [0.29, 0.717) is 23.4 Å². The van der Waals surface area contributed by atoms with Crippen molar-refractivity contribution in [3.8, 4) is 5.88 Å². The standard InChI is InChI=1S/C15H15NO3/c1-2-3-4-10-19-14-9-8-11-12(15(17)18)6-5-7-13(11)16-14/h2,5-9H,1,3-4,10H2,(H,17,18). The van der Waals surface area contributed by atoms with E-state index < -0.39 is 5.97 Å². The molecule has 2 aromatic rings. The van der Waals surface area contributed by atoms with Gasteiger partial charge in [-0.15, -0.1) is 6.58 Å². The second kappa shape index (κ2) is 6.00. The molecule has 2 rings (SSSR count). The summed E-state index contributed by atoms with van der Waals surface area (Å²) >= 11 is 0. The second-order valence-corrected chi connectivity index (χ2v) is 4.11. The molecule has 1 heterocycles. The van der Waals surface area contributed by atoms with Gasteiger partial charge in [-0.2, -0.15) is 0 Å². The van der Waals surface area contributed by atoms with Crippen molar-refractivity contribution in [2.24, 2.45) is 0 Å². The number of unbranched alkanes of at least 4 members (excludes halogenated alkanes) is 1. The van der Waals surface area contributed by atoms with E-state index in [1.54, 1.807) is 30.3 Å². The minimum absolute atomic E-state index is 0.253. The highest BCUT2D eigenvalue weighted by Gasteiger charge is 2.09. The maximum absolute atomic E-state index is 11.1. The van der Waals surface area contributed by atoms with Crippen LogP contribution in [0, 0.1) is 0 Å². The van der Waals surface area contributed by atoms with Crippen molar-refractivity contribution in [2.45, 2.75) is 12.8 Å². The second-order valence-electron chi connectivity index (χ2n) is 4.11. The summed E-state index contributed by atoms with van der Waals surface area (Å²) in [6.45, 7) is 4.22. The number of ether oxygens (including phenoxy) is 1. The molecule has 0 fully saturated rings. The summed E-state index contributed by atoms with van der Waals surface area (Å²) in [5, 5.41) is 9.70. The Bertz CT molecular complexity index is 607. The van der Waals surface area contributed by atoms with Crippen LogP contribution in [0.1, 0.15) is 23.2 Å². The average molecular weight is 257 g/mol. The molecule has 0 unspecified atom stereocenters. The van der Waals surface area contributed by atoms with Gasteiger partial charge in [-0.3, -0.25) is 0 Å². The fourth-order valence-electron chi connectivity index (χ4n) is 1.81. The highest BCUT2D eigenvalue weighted by atomic mass is 16.5. The number of allylic oxidation sites excluding steroid dienone is 1. The van der Waals surface area contributed by atoms with E-state index >= 15 is 0 Å². The fraction of sp³-hybridized carbons (Fsp3) is 0.200. The van der Waals surface area contributed by atoms with E-state index in [0.717, 1.165) is 12.8 Å². The largest absolute Gasteiger partial charge is 0.478 e. The highest BCUT2D eigenvalue weighted by Crippen LogP contribution is 2.20. The number of hydrogen-bond acceptors (Lipinski definition) is 3. The van der Waals surface area contributed by atoms with Crippen LogP contribution in [0.25, 0.3) is 10.9 Å². The Morgan fingerprint density at radius 1 is 1.37 bits per heavy atom. The van der Waals surface area contributed by atoms with Crippen LogP contribution in [-0.2, 0) is 0 Å². The van der Waals surface area contributed by atoms with Gasteiger partial charge in [0, 0.05) is 11.5 Å². The van der Waals surface area contributed by atoms with Crippen molar-refractivity contribution >= 4 is 16.9 Å². The molecule has 19 heavy (non-hydrogen) atoms. The molecule has 0 spiro atoms. The molecule has 0 aliphatic heterocycles. The highest BCUT2D eigenvalue weighted by molar-refractivity contribution is 6.02. The van der Waals surface area contributed by atoms with E-state index in [1.165, 1.54) is 0 Å². The predicted molar refractivity (Wildman–Crippen MR) is 73.6 cm³/mol. The Hall–Kier alpha value is -2.36. The maximum atomic E-state index is 11.1. The first-order valence-electron chi connectivity index (χ1n) is 6.09. The van der Waals surface area contributed by atoms with Gasteiger partial charge in [-0.25, -0.2) is 9.78 Å². The number of carboxylic acids is 1. The number of rotatable bonds is 6. The lowest BCUT2D eigenvalue weighted by Gasteiger charge is -2.06. The van der Waals surface area contributed by atoms with Gasteiger partial charge in [-0.1, -0.05) is 12.1 Å². The van der Waals surface area contributed by atoms with Crippen LogP contribution < -0.4 is 4.74 Å². The van der Waals surface area contributed by atoms with E-state index in [-0.39, 0.29) is 5.56 Å². The van der Waals surface area contributed by atoms with Gasteiger partial charge in [-0.05, 0) is 31.0 Å². The van der Waals surface area contributed by atoms with E-state index in [9.17, 15) is 4.79 Å². The quantitative estimate of drug-likeness (QED) is 0.637. The van der Waals surface area contributed by atoms with Crippen LogP contribution in [0.5, 0.6) is 5.88 Å². The summed E-state index contributed by atoms with van der Waals surface area (Å²) in [5.41, 5.74) is 0.879. The Kier molecular flexibility index (Phi) is 4.13. The van der Waals surface area contributed by atoms with Gasteiger partial charge in [0.1, 0.15) is 0 Å². The number of fused-ring (bicyclic) bond motifs is 1. The number of nitrogens with zero attached hydrogens (tertiary/aromatic N) is 1. The summed E-state index contributed by atoms with van der Waals surface area (Å²) in [6.07, 6.45) is 3.63. The Morgan fingerprint density at radius 3 is 2.95 bits per heavy atom. The molecule has 0 radical (unpaired) electrons. The lowest BCUT2D eigenvalue weighted by molar-refractivity contribution is 0.0699. The van der Waals surface area contributed by atoms with Crippen LogP contribution in [0.4, 0.5) is 0 Å². The van der Waals surface area contributed by atoms with Crippen molar-refractivity contribution in [1.82, 2.24) is 4.98 Å². The predicted octanol–water partition coefficient (Wildman–Crippen LogP) is 3.28. The van der Waals surface area contributed by atoms with Crippen molar-refractivity contribution in [3.63, 3.8) is 0 Å². The molecule has 1 N–H and O–H groups in total. The molecule has 4 heteroatoms. The number of aromatic carboxylic acids is 1. The van der Waals surface area contributed by atoms with Gasteiger partial charge < -0.3 is 9.84 Å². The van der Waals surface area contributed by atoms with Crippen LogP contribution in [0.15, 0.2) is 43.0 Å². The smallest absolute Gasteiger partial charge is 0.336 e. The molecule has 0 aliphatic rings. The fourth-order valence-corrected chi connectivity index (χ4v) is 1.81. The molecule has 98 valence electrons. The molecular formula is C15H15NO3. The minimum Gasteiger partial charge on any atom is -0.478 e. The molecule has 0 aliphatic carbocycles. The van der Waals surface area contributed by atoms with Crippen LogP contribution in [0.2, 0.25) is 0 Å². The zero-order valence-corrected chi connectivity index (χ0v) is 10.5. The Labute approximate surface area is 111 Å². The molecule has 0 bridgehead atoms. The number of carbonyl (C=O) groups is 1. The lowest BCUT2D eigenvalue weighted by Crippen LogP contribution is -2.01. The van der Waals surface area contributed by atoms with E-state index in [4.69, 9.17) is 9.84 Å².